The summed E-state index contributed by atoms with van der Waals surface area (Å²) in [5.41, 5.74) is 2.29. The Balaban J connectivity index is 1.72. The molecule has 2 N–H and O–H groups in total. The van der Waals surface area contributed by atoms with Crippen molar-refractivity contribution in [3.05, 3.63) is 29.3 Å². The Morgan fingerprint density at radius 1 is 1.40 bits per heavy atom. The molecule has 1 saturated carbocycles. The number of hydrogen-bond donors (Lipinski definition) is 2. The van der Waals surface area contributed by atoms with E-state index in [2.05, 4.69) is 10.6 Å². The maximum atomic E-state index is 12.3. The summed E-state index contributed by atoms with van der Waals surface area (Å²) in [6.07, 6.45) is 3.47. The Labute approximate surface area is 117 Å². The minimum atomic E-state index is -0.0962. The standard InChI is InChI=1S/C15H18N2O3/c1-20-13-4-2-3-12(13)17-15(19)9-5-6-11-10(7-9)8-14(18)16-11/h5-7,12-13H,2-4,8H2,1H3,(H,16,18)(H,17,19). The van der Waals surface area contributed by atoms with Crippen LogP contribution in [-0.4, -0.2) is 31.1 Å². The Kier molecular flexibility index (Phi) is 3.44. The van der Waals surface area contributed by atoms with Crippen LogP contribution in [0.2, 0.25) is 0 Å². The Hall–Kier alpha value is -1.88. The number of fused-ring (bicyclic) bond motifs is 1. The maximum absolute atomic E-state index is 12.3. The van der Waals surface area contributed by atoms with Gasteiger partial charge in [-0.1, -0.05) is 0 Å². The van der Waals surface area contributed by atoms with Gasteiger partial charge in [-0.15, -0.1) is 0 Å². The van der Waals surface area contributed by atoms with Crippen LogP contribution < -0.4 is 10.6 Å². The van der Waals surface area contributed by atoms with Crippen molar-refractivity contribution in [2.45, 2.75) is 37.8 Å². The predicted octanol–water partition coefficient (Wildman–Crippen LogP) is 1.48. The van der Waals surface area contributed by atoms with Crippen molar-refractivity contribution < 1.29 is 14.3 Å². The first-order chi connectivity index (χ1) is 9.67. The van der Waals surface area contributed by atoms with E-state index in [-0.39, 0.29) is 24.0 Å². The Bertz CT molecular complexity index is 556. The van der Waals surface area contributed by atoms with Crippen molar-refractivity contribution in [1.82, 2.24) is 5.32 Å². The summed E-state index contributed by atoms with van der Waals surface area (Å²) in [6, 6.07) is 5.41. The monoisotopic (exact) mass is 274 g/mol. The number of carbonyl (C=O) groups is 2. The lowest BCUT2D eigenvalue weighted by atomic mass is 10.1. The first-order valence-electron chi connectivity index (χ1n) is 6.94. The molecule has 5 nitrogen and oxygen atoms in total. The molecule has 1 aromatic carbocycles. The number of amides is 2. The van der Waals surface area contributed by atoms with E-state index in [1.54, 1.807) is 25.3 Å². The molecular formula is C15H18N2O3. The highest BCUT2D eigenvalue weighted by molar-refractivity contribution is 6.01. The number of methoxy groups -OCH3 is 1. The number of carbonyl (C=O) groups excluding carboxylic acids is 2. The third-order valence-electron chi connectivity index (χ3n) is 4.06. The molecule has 0 radical (unpaired) electrons. The van der Waals surface area contributed by atoms with E-state index in [1.807, 2.05) is 0 Å². The van der Waals surface area contributed by atoms with Crippen LogP contribution in [0.3, 0.4) is 0 Å². The van der Waals surface area contributed by atoms with E-state index in [9.17, 15) is 9.59 Å². The zero-order chi connectivity index (χ0) is 14.1. The van der Waals surface area contributed by atoms with Gasteiger partial charge in [0.1, 0.15) is 0 Å². The molecule has 1 heterocycles. The first-order valence-corrected chi connectivity index (χ1v) is 6.94. The van der Waals surface area contributed by atoms with Crippen LogP contribution in [0.4, 0.5) is 5.69 Å². The molecule has 106 valence electrons. The summed E-state index contributed by atoms with van der Waals surface area (Å²) < 4.78 is 5.38. The molecule has 0 spiro atoms. The van der Waals surface area contributed by atoms with Gasteiger partial charge in [-0.05, 0) is 43.0 Å². The summed E-state index contributed by atoms with van der Waals surface area (Å²) in [4.78, 5) is 23.6. The molecule has 0 bridgehead atoms. The van der Waals surface area contributed by atoms with Crippen LogP contribution in [0.25, 0.3) is 0 Å². The van der Waals surface area contributed by atoms with E-state index >= 15 is 0 Å². The number of ether oxygens (including phenoxy) is 1. The van der Waals surface area contributed by atoms with Crippen LogP contribution in [0.1, 0.15) is 35.2 Å². The smallest absolute Gasteiger partial charge is 0.251 e. The van der Waals surface area contributed by atoms with Gasteiger partial charge >= 0.3 is 0 Å². The van der Waals surface area contributed by atoms with Crippen LogP contribution >= 0.6 is 0 Å². The Morgan fingerprint density at radius 2 is 2.25 bits per heavy atom. The summed E-state index contributed by atoms with van der Waals surface area (Å²) in [7, 11) is 1.68. The average Bonchev–Trinajstić information content (AvgIpc) is 3.02. The summed E-state index contributed by atoms with van der Waals surface area (Å²) in [6.45, 7) is 0. The lowest BCUT2D eigenvalue weighted by Crippen LogP contribution is -2.40. The summed E-state index contributed by atoms with van der Waals surface area (Å²) in [5, 5.41) is 5.79. The van der Waals surface area contributed by atoms with E-state index in [0.717, 1.165) is 30.5 Å². The first kappa shape index (κ1) is 13.1. The SMILES string of the molecule is COC1CCCC1NC(=O)c1ccc2c(c1)CC(=O)N2. The number of nitrogens with one attached hydrogen (secondary N) is 2. The molecule has 0 aromatic heterocycles. The van der Waals surface area contributed by atoms with Gasteiger partial charge in [0, 0.05) is 18.4 Å². The van der Waals surface area contributed by atoms with Crippen molar-refractivity contribution in [3.8, 4) is 0 Å². The van der Waals surface area contributed by atoms with Gasteiger partial charge in [0.25, 0.3) is 5.91 Å². The van der Waals surface area contributed by atoms with Crippen LogP contribution in [0, 0.1) is 0 Å². The number of benzene rings is 1. The second-order valence-corrected chi connectivity index (χ2v) is 5.38. The number of hydrogen-bond acceptors (Lipinski definition) is 3. The molecule has 1 aliphatic carbocycles. The topological polar surface area (TPSA) is 67.4 Å². The molecule has 2 unspecified atom stereocenters. The molecule has 2 amide bonds. The lowest BCUT2D eigenvalue weighted by molar-refractivity contribution is -0.115. The van der Waals surface area contributed by atoms with Gasteiger partial charge < -0.3 is 15.4 Å². The average molecular weight is 274 g/mol. The van der Waals surface area contributed by atoms with E-state index in [0.29, 0.717) is 12.0 Å². The minimum Gasteiger partial charge on any atom is -0.379 e. The molecule has 5 heteroatoms. The third kappa shape index (κ3) is 2.41. The molecule has 20 heavy (non-hydrogen) atoms. The van der Waals surface area contributed by atoms with Crippen molar-refractivity contribution in [1.29, 1.82) is 0 Å². The van der Waals surface area contributed by atoms with Gasteiger partial charge in [0.15, 0.2) is 0 Å². The predicted molar refractivity (Wildman–Crippen MR) is 74.7 cm³/mol. The number of rotatable bonds is 3. The molecule has 3 rings (SSSR count). The molecule has 0 saturated heterocycles. The largest absolute Gasteiger partial charge is 0.379 e. The normalized spacial score (nSPS) is 24.4. The fourth-order valence-corrected chi connectivity index (χ4v) is 3.00. The van der Waals surface area contributed by atoms with Crippen molar-refractivity contribution in [3.63, 3.8) is 0 Å². The molecular weight excluding hydrogens is 256 g/mol. The lowest BCUT2D eigenvalue weighted by Gasteiger charge is -2.19. The molecule has 1 fully saturated rings. The van der Waals surface area contributed by atoms with E-state index in [1.165, 1.54) is 0 Å². The number of anilines is 1. The van der Waals surface area contributed by atoms with Gasteiger partial charge in [0.05, 0.1) is 18.6 Å². The fourth-order valence-electron chi connectivity index (χ4n) is 3.00. The third-order valence-corrected chi connectivity index (χ3v) is 4.06. The van der Waals surface area contributed by atoms with Crippen LogP contribution in [0.15, 0.2) is 18.2 Å². The quantitative estimate of drug-likeness (QED) is 0.877. The van der Waals surface area contributed by atoms with Gasteiger partial charge in [0.2, 0.25) is 5.91 Å². The van der Waals surface area contributed by atoms with Crippen LogP contribution in [0.5, 0.6) is 0 Å². The molecule has 2 atom stereocenters. The van der Waals surface area contributed by atoms with Crippen LogP contribution in [-0.2, 0) is 16.0 Å². The maximum Gasteiger partial charge on any atom is 0.251 e. The summed E-state index contributed by atoms with van der Waals surface area (Å²) >= 11 is 0. The minimum absolute atomic E-state index is 0.0206. The Morgan fingerprint density at radius 3 is 3.05 bits per heavy atom. The highest BCUT2D eigenvalue weighted by atomic mass is 16.5. The van der Waals surface area contributed by atoms with Crippen molar-refractivity contribution in [2.24, 2.45) is 0 Å². The van der Waals surface area contributed by atoms with Gasteiger partial charge in [-0.3, -0.25) is 9.59 Å². The van der Waals surface area contributed by atoms with Crippen molar-refractivity contribution in [2.75, 3.05) is 12.4 Å². The van der Waals surface area contributed by atoms with E-state index < -0.39 is 0 Å². The fraction of sp³-hybridized carbons (Fsp3) is 0.467. The van der Waals surface area contributed by atoms with Gasteiger partial charge in [-0.2, -0.15) is 0 Å². The second kappa shape index (κ2) is 5.25. The second-order valence-electron chi connectivity index (χ2n) is 5.38. The highest BCUT2D eigenvalue weighted by Gasteiger charge is 2.29. The van der Waals surface area contributed by atoms with E-state index in [4.69, 9.17) is 4.74 Å². The summed E-state index contributed by atoms with van der Waals surface area (Å²) in [5.74, 6) is -0.117. The molecule has 1 aliphatic heterocycles. The van der Waals surface area contributed by atoms with Crippen molar-refractivity contribution >= 4 is 17.5 Å². The zero-order valence-electron chi connectivity index (χ0n) is 11.4. The molecule has 1 aromatic rings. The molecule has 2 aliphatic rings. The zero-order valence-corrected chi connectivity index (χ0v) is 11.4. The highest BCUT2D eigenvalue weighted by Crippen LogP contribution is 2.25. The van der Waals surface area contributed by atoms with Gasteiger partial charge in [-0.25, -0.2) is 0 Å².